The van der Waals surface area contributed by atoms with Gasteiger partial charge in [0.05, 0.1) is 6.61 Å². The lowest BCUT2D eigenvalue weighted by Gasteiger charge is -2.39. The maximum atomic E-state index is 9.24. The fraction of sp³-hybridized carbons (Fsp3) is 0.615. The summed E-state index contributed by atoms with van der Waals surface area (Å²) in [6.45, 7) is 7.40. The highest BCUT2D eigenvalue weighted by molar-refractivity contribution is 5.44. The van der Waals surface area contributed by atoms with E-state index in [9.17, 15) is 5.11 Å². The first kappa shape index (κ1) is 12.3. The van der Waals surface area contributed by atoms with Crippen molar-refractivity contribution in [1.82, 2.24) is 9.88 Å². The fourth-order valence-corrected chi connectivity index (χ4v) is 2.44. The molecule has 4 nitrogen and oxygen atoms in total. The Bertz CT molecular complexity index is 394. The SMILES string of the molecule is Cc1cc(CO)cc(N2CCN(C)CC2C)n1. The molecule has 1 unspecified atom stereocenters. The van der Waals surface area contributed by atoms with Crippen LogP contribution in [0.15, 0.2) is 12.1 Å². The molecule has 2 heterocycles. The third-order valence-corrected chi connectivity index (χ3v) is 3.31. The average Bonchev–Trinajstić information content (AvgIpc) is 2.28. The molecule has 1 atom stereocenters. The molecule has 1 saturated heterocycles. The van der Waals surface area contributed by atoms with Gasteiger partial charge in [0, 0.05) is 31.4 Å². The number of rotatable bonds is 2. The zero-order valence-electron chi connectivity index (χ0n) is 10.8. The van der Waals surface area contributed by atoms with Gasteiger partial charge in [-0.2, -0.15) is 0 Å². The predicted molar refractivity (Wildman–Crippen MR) is 69.2 cm³/mol. The summed E-state index contributed by atoms with van der Waals surface area (Å²) in [6.07, 6.45) is 0. The molecule has 1 aromatic heterocycles. The average molecular weight is 235 g/mol. The van der Waals surface area contributed by atoms with Gasteiger partial charge in [0.25, 0.3) is 0 Å². The van der Waals surface area contributed by atoms with Crippen LogP contribution in [-0.4, -0.2) is 47.7 Å². The normalized spacial score (nSPS) is 21.9. The lowest BCUT2D eigenvalue weighted by molar-refractivity contribution is 0.273. The number of aliphatic hydroxyl groups excluding tert-OH is 1. The van der Waals surface area contributed by atoms with Gasteiger partial charge in [0.2, 0.25) is 0 Å². The molecule has 0 aliphatic carbocycles. The summed E-state index contributed by atoms with van der Waals surface area (Å²) in [4.78, 5) is 9.24. The number of hydrogen-bond acceptors (Lipinski definition) is 4. The topological polar surface area (TPSA) is 39.6 Å². The van der Waals surface area contributed by atoms with Gasteiger partial charge in [-0.05, 0) is 38.6 Å². The lowest BCUT2D eigenvalue weighted by Crippen LogP contribution is -2.50. The minimum atomic E-state index is 0.0818. The van der Waals surface area contributed by atoms with Crippen LogP contribution in [-0.2, 0) is 6.61 Å². The van der Waals surface area contributed by atoms with Crippen LogP contribution in [0.25, 0.3) is 0 Å². The molecule has 0 saturated carbocycles. The maximum Gasteiger partial charge on any atom is 0.129 e. The van der Waals surface area contributed by atoms with E-state index in [-0.39, 0.29) is 6.61 Å². The van der Waals surface area contributed by atoms with E-state index in [0.717, 1.165) is 36.7 Å². The Hall–Kier alpha value is -1.13. The second-order valence-electron chi connectivity index (χ2n) is 4.94. The molecule has 94 valence electrons. The van der Waals surface area contributed by atoms with Crippen molar-refractivity contribution in [2.24, 2.45) is 0 Å². The molecule has 1 fully saturated rings. The van der Waals surface area contributed by atoms with Gasteiger partial charge in [-0.1, -0.05) is 0 Å². The van der Waals surface area contributed by atoms with Crippen molar-refractivity contribution in [3.05, 3.63) is 23.4 Å². The molecule has 0 spiro atoms. The van der Waals surface area contributed by atoms with Crippen LogP contribution in [0.4, 0.5) is 5.82 Å². The Labute approximate surface area is 103 Å². The molecular formula is C13H21N3O. The van der Waals surface area contributed by atoms with Gasteiger partial charge in [0.1, 0.15) is 5.82 Å². The smallest absolute Gasteiger partial charge is 0.129 e. The Balaban J connectivity index is 2.24. The number of piperazine rings is 1. The highest BCUT2D eigenvalue weighted by Crippen LogP contribution is 2.20. The monoisotopic (exact) mass is 235 g/mol. The summed E-state index contributed by atoms with van der Waals surface area (Å²) in [5.74, 6) is 0.995. The highest BCUT2D eigenvalue weighted by Gasteiger charge is 2.22. The van der Waals surface area contributed by atoms with E-state index in [1.54, 1.807) is 0 Å². The van der Waals surface area contributed by atoms with Crippen molar-refractivity contribution in [3.63, 3.8) is 0 Å². The number of likely N-dealkylation sites (N-methyl/N-ethyl adjacent to an activating group) is 1. The number of pyridine rings is 1. The molecule has 1 aromatic rings. The molecule has 0 amide bonds. The van der Waals surface area contributed by atoms with Gasteiger partial charge in [-0.25, -0.2) is 4.98 Å². The van der Waals surface area contributed by atoms with Crippen LogP contribution in [0, 0.1) is 6.92 Å². The van der Waals surface area contributed by atoms with Gasteiger partial charge in [-0.3, -0.25) is 0 Å². The largest absolute Gasteiger partial charge is 0.392 e. The zero-order valence-corrected chi connectivity index (χ0v) is 10.8. The van der Waals surface area contributed by atoms with E-state index in [0.29, 0.717) is 6.04 Å². The third-order valence-electron chi connectivity index (χ3n) is 3.31. The number of aromatic nitrogens is 1. The Morgan fingerprint density at radius 3 is 2.82 bits per heavy atom. The van der Waals surface area contributed by atoms with Gasteiger partial charge >= 0.3 is 0 Å². The van der Waals surface area contributed by atoms with E-state index in [4.69, 9.17) is 0 Å². The van der Waals surface area contributed by atoms with E-state index in [1.807, 2.05) is 19.1 Å². The van der Waals surface area contributed by atoms with Crippen molar-refractivity contribution in [3.8, 4) is 0 Å². The molecule has 1 N–H and O–H groups in total. The summed E-state index contributed by atoms with van der Waals surface area (Å²) < 4.78 is 0. The number of anilines is 1. The molecule has 0 aromatic carbocycles. The number of nitrogens with zero attached hydrogens (tertiary/aromatic N) is 3. The Morgan fingerprint density at radius 1 is 1.41 bits per heavy atom. The second-order valence-corrected chi connectivity index (χ2v) is 4.94. The minimum Gasteiger partial charge on any atom is -0.392 e. The minimum absolute atomic E-state index is 0.0818. The van der Waals surface area contributed by atoms with Crippen molar-refractivity contribution in [2.45, 2.75) is 26.5 Å². The molecule has 1 aliphatic rings. The Morgan fingerprint density at radius 2 is 2.18 bits per heavy atom. The van der Waals surface area contributed by atoms with Crippen LogP contribution in [0.1, 0.15) is 18.2 Å². The summed E-state index contributed by atoms with van der Waals surface area (Å²) in [5, 5.41) is 9.24. The first-order valence-electron chi connectivity index (χ1n) is 6.13. The summed E-state index contributed by atoms with van der Waals surface area (Å²) in [6, 6.07) is 4.40. The first-order chi connectivity index (χ1) is 8.10. The van der Waals surface area contributed by atoms with Crippen LogP contribution in [0.2, 0.25) is 0 Å². The van der Waals surface area contributed by atoms with E-state index in [2.05, 4.69) is 28.8 Å². The van der Waals surface area contributed by atoms with E-state index < -0.39 is 0 Å². The van der Waals surface area contributed by atoms with Gasteiger partial charge in [-0.15, -0.1) is 0 Å². The molecule has 4 heteroatoms. The Kier molecular flexibility index (Phi) is 3.64. The van der Waals surface area contributed by atoms with Crippen LogP contribution >= 0.6 is 0 Å². The molecule has 0 bridgehead atoms. The number of aryl methyl sites for hydroxylation is 1. The molecule has 1 aliphatic heterocycles. The van der Waals surface area contributed by atoms with E-state index in [1.165, 1.54) is 0 Å². The predicted octanol–water partition coefficient (Wildman–Crippen LogP) is 1.02. The molecule has 17 heavy (non-hydrogen) atoms. The number of hydrogen-bond donors (Lipinski definition) is 1. The van der Waals surface area contributed by atoms with Crippen LogP contribution < -0.4 is 4.90 Å². The van der Waals surface area contributed by atoms with Crippen molar-refractivity contribution in [1.29, 1.82) is 0 Å². The maximum absolute atomic E-state index is 9.24. The highest BCUT2D eigenvalue weighted by atomic mass is 16.3. The zero-order chi connectivity index (χ0) is 12.4. The van der Waals surface area contributed by atoms with Crippen molar-refractivity contribution < 1.29 is 5.11 Å². The van der Waals surface area contributed by atoms with E-state index >= 15 is 0 Å². The summed E-state index contributed by atoms with van der Waals surface area (Å²) in [5.41, 5.74) is 1.91. The summed E-state index contributed by atoms with van der Waals surface area (Å²) in [7, 11) is 2.15. The van der Waals surface area contributed by atoms with Crippen molar-refractivity contribution >= 4 is 5.82 Å². The van der Waals surface area contributed by atoms with Gasteiger partial charge in [0.15, 0.2) is 0 Å². The summed E-state index contributed by atoms with van der Waals surface area (Å²) >= 11 is 0. The lowest BCUT2D eigenvalue weighted by atomic mass is 10.1. The van der Waals surface area contributed by atoms with Crippen LogP contribution in [0.5, 0.6) is 0 Å². The first-order valence-corrected chi connectivity index (χ1v) is 6.13. The standard InChI is InChI=1S/C13H21N3O/c1-10-6-12(9-17)7-13(14-10)16-5-4-15(3)8-11(16)2/h6-7,11,17H,4-5,8-9H2,1-3H3. The quantitative estimate of drug-likeness (QED) is 0.831. The second kappa shape index (κ2) is 5.02. The molecule has 0 radical (unpaired) electrons. The third kappa shape index (κ3) is 2.76. The van der Waals surface area contributed by atoms with Crippen LogP contribution in [0.3, 0.4) is 0 Å². The fourth-order valence-electron chi connectivity index (χ4n) is 2.44. The molecular weight excluding hydrogens is 214 g/mol. The van der Waals surface area contributed by atoms with Gasteiger partial charge < -0.3 is 14.9 Å². The van der Waals surface area contributed by atoms with Crippen molar-refractivity contribution in [2.75, 3.05) is 31.6 Å². The number of aliphatic hydroxyl groups is 1. The molecule has 2 rings (SSSR count).